The minimum atomic E-state index is -3.49. The Morgan fingerprint density at radius 2 is 2.17 bits per heavy atom. The van der Waals surface area contributed by atoms with Crippen LogP contribution < -0.4 is 9.47 Å². The molecule has 10 heteroatoms. The Balaban J connectivity index is 1.54. The summed E-state index contributed by atoms with van der Waals surface area (Å²) in [4.78, 5) is 4.54. The summed E-state index contributed by atoms with van der Waals surface area (Å²) in [6.45, 7) is 3.27. The zero-order chi connectivity index (χ0) is 21.1. The van der Waals surface area contributed by atoms with Crippen LogP contribution in [0.4, 0.5) is 0 Å². The molecule has 1 atom stereocenters. The first-order chi connectivity index (χ1) is 14.5. The molecule has 3 aromatic rings. The highest BCUT2D eigenvalue weighted by atomic mass is 32.2. The summed E-state index contributed by atoms with van der Waals surface area (Å²) in [6.07, 6.45) is 1.54. The van der Waals surface area contributed by atoms with Crippen LogP contribution in [0, 0.1) is 0 Å². The second kappa shape index (κ2) is 8.75. The van der Waals surface area contributed by atoms with Gasteiger partial charge in [-0.15, -0.1) is 11.3 Å². The zero-order valence-corrected chi connectivity index (χ0v) is 18.4. The molecule has 0 unspecified atom stereocenters. The van der Waals surface area contributed by atoms with Crippen LogP contribution in [0.15, 0.2) is 44.4 Å². The van der Waals surface area contributed by atoms with E-state index in [0.717, 1.165) is 18.4 Å². The third kappa shape index (κ3) is 4.07. The van der Waals surface area contributed by atoms with E-state index < -0.39 is 10.0 Å². The van der Waals surface area contributed by atoms with Crippen molar-refractivity contribution in [1.29, 1.82) is 0 Å². The van der Waals surface area contributed by atoms with Gasteiger partial charge in [0.25, 0.3) is 10.0 Å². The summed E-state index contributed by atoms with van der Waals surface area (Å²) in [5.41, 5.74) is 0.740. The minimum absolute atomic E-state index is 0.140. The topological polar surface area (TPSA) is 94.8 Å². The van der Waals surface area contributed by atoms with Gasteiger partial charge in [0.05, 0.1) is 19.6 Å². The van der Waals surface area contributed by atoms with E-state index >= 15 is 0 Å². The van der Waals surface area contributed by atoms with E-state index in [1.165, 1.54) is 15.6 Å². The Kier molecular flexibility index (Phi) is 6.07. The molecule has 160 valence electrons. The predicted octanol–water partition coefficient (Wildman–Crippen LogP) is 3.77. The zero-order valence-electron chi connectivity index (χ0n) is 16.8. The van der Waals surface area contributed by atoms with Gasteiger partial charge in [-0.05, 0) is 49.4 Å². The van der Waals surface area contributed by atoms with Crippen molar-refractivity contribution in [3.05, 3.63) is 41.6 Å². The molecule has 1 fully saturated rings. The average Bonchev–Trinajstić information content (AvgIpc) is 3.47. The fraction of sp³-hybridized carbons (Fsp3) is 0.400. The van der Waals surface area contributed by atoms with Crippen LogP contribution in [0.25, 0.3) is 11.4 Å². The summed E-state index contributed by atoms with van der Waals surface area (Å²) in [5, 5.41) is 5.87. The van der Waals surface area contributed by atoms with Gasteiger partial charge < -0.3 is 14.0 Å². The van der Waals surface area contributed by atoms with Crippen LogP contribution in [0.3, 0.4) is 0 Å². The number of thiophene rings is 1. The molecule has 0 bridgehead atoms. The number of rotatable bonds is 7. The molecule has 1 aromatic carbocycles. The van der Waals surface area contributed by atoms with Crippen molar-refractivity contribution in [2.24, 2.45) is 0 Å². The summed E-state index contributed by atoms with van der Waals surface area (Å²) >= 11 is 1.23. The molecule has 0 saturated carbocycles. The maximum atomic E-state index is 12.9. The van der Waals surface area contributed by atoms with E-state index in [0.29, 0.717) is 47.1 Å². The third-order valence-electron chi connectivity index (χ3n) is 4.99. The highest BCUT2D eigenvalue weighted by Crippen LogP contribution is 2.34. The Labute approximate surface area is 179 Å². The molecule has 30 heavy (non-hydrogen) atoms. The maximum Gasteiger partial charge on any atom is 0.252 e. The lowest BCUT2D eigenvalue weighted by atomic mass is 10.00. The normalized spacial score (nSPS) is 17.7. The molecular formula is C20H23N3O5S2. The fourth-order valence-electron chi connectivity index (χ4n) is 3.50. The third-order valence-corrected chi connectivity index (χ3v) is 8.22. The molecule has 0 radical (unpaired) electrons. The molecule has 2 aromatic heterocycles. The summed E-state index contributed by atoms with van der Waals surface area (Å²) in [7, 11) is -1.92. The predicted molar refractivity (Wildman–Crippen MR) is 113 cm³/mol. The van der Waals surface area contributed by atoms with Crippen LogP contribution in [0.5, 0.6) is 11.5 Å². The van der Waals surface area contributed by atoms with Gasteiger partial charge in [-0.25, -0.2) is 8.42 Å². The van der Waals surface area contributed by atoms with Gasteiger partial charge in [0, 0.05) is 18.7 Å². The molecule has 0 spiro atoms. The largest absolute Gasteiger partial charge is 0.493 e. The average molecular weight is 450 g/mol. The number of piperidine rings is 1. The van der Waals surface area contributed by atoms with Crippen LogP contribution in [0.1, 0.15) is 31.6 Å². The SMILES string of the molecule is CCOc1ccc(-c2noc([C@@H]3CCCN(S(=O)(=O)c4cccs4)C3)n2)cc1OC. The molecule has 1 aliphatic rings. The molecule has 4 rings (SSSR count). The van der Waals surface area contributed by atoms with Crippen molar-refractivity contribution in [3.63, 3.8) is 0 Å². The molecule has 0 amide bonds. The van der Waals surface area contributed by atoms with Crippen molar-refractivity contribution < 1.29 is 22.4 Å². The van der Waals surface area contributed by atoms with Crippen LogP contribution in [-0.4, -0.2) is 49.7 Å². The Morgan fingerprint density at radius 1 is 1.30 bits per heavy atom. The van der Waals surface area contributed by atoms with Gasteiger partial charge in [-0.2, -0.15) is 9.29 Å². The molecular weight excluding hydrogens is 426 g/mol. The van der Waals surface area contributed by atoms with E-state index in [1.807, 2.05) is 19.1 Å². The number of methoxy groups -OCH3 is 1. The Hall–Kier alpha value is -2.43. The maximum absolute atomic E-state index is 12.9. The molecule has 1 aliphatic heterocycles. The second-order valence-corrected chi connectivity index (χ2v) is 10.0. The molecule has 3 heterocycles. The summed E-state index contributed by atoms with van der Waals surface area (Å²) in [5.74, 6) is 1.98. The highest BCUT2D eigenvalue weighted by Gasteiger charge is 2.34. The van der Waals surface area contributed by atoms with Crippen molar-refractivity contribution in [2.75, 3.05) is 26.8 Å². The first-order valence-electron chi connectivity index (χ1n) is 9.71. The molecule has 0 N–H and O–H groups in total. The first kappa shape index (κ1) is 20.8. The van der Waals surface area contributed by atoms with Crippen molar-refractivity contribution in [1.82, 2.24) is 14.4 Å². The second-order valence-electron chi connectivity index (χ2n) is 6.89. The lowest BCUT2D eigenvalue weighted by Gasteiger charge is -2.29. The Morgan fingerprint density at radius 3 is 2.90 bits per heavy atom. The van der Waals surface area contributed by atoms with Gasteiger partial charge in [-0.3, -0.25) is 0 Å². The number of nitrogens with zero attached hydrogens (tertiary/aromatic N) is 3. The molecule has 8 nitrogen and oxygen atoms in total. The monoisotopic (exact) mass is 449 g/mol. The lowest BCUT2D eigenvalue weighted by Crippen LogP contribution is -2.38. The summed E-state index contributed by atoms with van der Waals surface area (Å²) < 4.78 is 44.0. The Bertz CT molecular complexity index is 1100. The van der Waals surface area contributed by atoms with Crippen LogP contribution in [-0.2, 0) is 10.0 Å². The van der Waals surface area contributed by atoms with Crippen LogP contribution in [0.2, 0.25) is 0 Å². The molecule has 1 saturated heterocycles. The number of aromatic nitrogens is 2. The quantitative estimate of drug-likeness (QED) is 0.542. The van der Waals surface area contributed by atoms with E-state index in [4.69, 9.17) is 14.0 Å². The van der Waals surface area contributed by atoms with Crippen molar-refractivity contribution in [3.8, 4) is 22.9 Å². The number of ether oxygens (including phenoxy) is 2. The van der Waals surface area contributed by atoms with E-state index in [2.05, 4.69) is 10.1 Å². The lowest BCUT2D eigenvalue weighted by molar-refractivity contribution is 0.266. The van der Waals surface area contributed by atoms with Gasteiger partial charge in [-0.1, -0.05) is 11.2 Å². The fourth-order valence-corrected chi connectivity index (χ4v) is 6.17. The van der Waals surface area contributed by atoms with E-state index in [-0.39, 0.29) is 5.92 Å². The minimum Gasteiger partial charge on any atom is -0.493 e. The van der Waals surface area contributed by atoms with Crippen molar-refractivity contribution in [2.45, 2.75) is 29.9 Å². The number of hydrogen-bond donors (Lipinski definition) is 0. The van der Waals surface area contributed by atoms with E-state index in [9.17, 15) is 8.42 Å². The van der Waals surface area contributed by atoms with Crippen LogP contribution >= 0.6 is 11.3 Å². The highest BCUT2D eigenvalue weighted by molar-refractivity contribution is 7.91. The van der Waals surface area contributed by atoms with Gasteiger partial charge in [0.2, 0.25) is 11.7 Å². The smallest absolute Gasteiger partial charge is 0.252 e. The van der Waals surface area contributed by atoms with Crippen molar-refractivity contribution >= 4 is 21.4 Å². The van der Waals surface area contributed by atoms with Gasteiger partial charge in [0.15, 0.2) is 11.5 Å². The molecule has 0 aliphatic carbocycles. The number of benzene rings is 1. The van der Waals surface area contributed by atoms with Gasteiger partial charge >= 0.3 is 0 Å². The summed E-state index contributed by atoms with van der Waals surface area (Å²) in [6, 6.07) is 8.83. The number of hydrogen-bond acceptors (Lipinski definition) is 8. The standard InChI is InChI=1S/C20H23N3O5S2/c1-3-27-16-9-8-14(12-17(16)26-2)19-21-20(28-22-19)15-6-4-10-23(13-15)30(24,25)18-7-5-11-29-18/h5,7-9,11-12,15H,3-4,6,10,13H2,1-2H3/t15-/m1/s1. The number of sulfonamides is 1. The first-order valence-corrected chi connectivity index (χ1v) is 12.0. The van der Waals surface area contributed by atoms with Gasteiger partial charge in [0.1, 0.15) is 4.21 Å². The van der Waals surface area contributed by atoms with E-state index in [1.54, 1.807) is 30.7 Å².